The quantitative estimate of drug-likeness (QED) is 0.589. The minimum Gasteiger partial charge on any atom is -0.397 e. The molecule has 0 spiro atoms. The Bertz CT molecular complexity index is 307. The van der Waals surface area contributed by atoms with Crippen LogP contribution in [0.15, 0.2) is 16.6 Å². The number of halogens is 2. The van der Waals surface area contributed by atoms with Crippen molar-refractivity contribution in [2.24, 2.45) is 0 Å². The van der Waals surface area contributed by atoms with Crippen LogP contribution in [-0.4, -0.2) is 0 Å². The van der Waals surface area contributed by atoms with Crippen molar-refractivity contribution in [3.8, 4) is 6.07 Å². The minimum absolute atomic E-state index is 0.621. The first-order valence-corrected chi connectivity index (χ1v) is 4.67. The molecule has 0 saturated carbocycles. The number of nitrogens with two attached hydrogens (primary N) is 1. The Morgan fingerprint density at radius 3 is 2.64 bits per heavy atom. The zero-order valence-electron chi connectivity index (χ0n) is 5.44. The zero-order valence-corrected chi connectivity index (χ0v) is 9.18. The zero-order chi connectivity index (χ0) is 8.43. The number of nitriles is 1. The molecule has 0 bridgehead atoms. The molecule has 0 fully saturated rings. The summed E-state index contributed by atoms with van der Waals surface area (Å²) >= 11 is 5.35. The van der Waals surface area contributed by atoms with E-state index < -0.39 is 0 Å². The van der Waals surface area contributed by atoms with Gasteiger partial charge in [0.1, 0.15) is 0 Å². The lowest BCUT2D eigenvalue weighted by Crippen LogP contribution is -1.91. The number of hydrogen-bond donors (Lipinski definition) is 1. The lowest BCUT2D eigenvalue weighted by atomic mass is 10.2. The van der Waals surface area contributed by atoms with Crippen LogP contribution < -0.4 is 5.73 Å². The van der Waals surface area contributed by atoms with E-state index in [1.807, 2.05) is 6.07 Å². The molecule has 1 aromatic carbocycles. The number of rotatable bonds is 0. The number of nitrogen functional groups attached to an aromatic ring is 1. The van der Waals surface area contributed by atoms with Gasteiger partial charge in [-0.25, -0.2) is 0 Å². The maximum Gasteiger partial charge on any atom is 0.0992 e. The summed E-state index contributed by atoms with van der Waals surface area (Å²) < 4.78 is 1.68. The van der Waals surface area contributed by atoms with E-state index in [0.717, 1.165) is 8.04 Å². The summed E-state index contributed by atoms with van der Waals surface area (Å²) in [6, 6.07) is 5.50. The van der Waals surface area contributed by atoms with Gasteiger partial charge >= 0.3 is 0 Å². The monoisotopic (exact) mass is 322 g/mol. The van der Waals surface area contributed by atoms with Crippen LogP contribution in [0.25, 0.3) is 0 Å². The van der Waals surface area contributed by atoms with Crippen LogP contribution in [0.2, 0.25) is 0 Å². The lowest BCUT2D eigenvalue weighted by molar-refractivity contribution is 1.46. The van der Waals surface area contributed by atoms with Crippen LogP contribution in [-0.2, 0) is 0 Å². The van der Waals surface area contributed by atoms with Gasteiger partial charge in [0.2, 0.25) is 0 Å². The molecule has 0 aliphatic carbocycles. The molecule has 2 nitrogen and oxygen atoms in total. The predicted molar refractivity (Wildman–Crippen MR) is 56.0 cm³/mol. The maximum absolute atomic E-state index is 8.56. The van der Waals surface area contributed by atoms with Gasteiger partial charge in [-0.1, -0.05) is 0 Å². The fraction of sp³-hybridized carbons (Fsp3) is 0. The summed E-state index contributed by atoms with van der Waals surface area (Å²) in [6.07, 6.45) is 0. The van der Waals surface area contributed by atoms with Crippen molar-refractivity contribution in [2.75, 3.05) is 5.73 Å². The Labute approximate surface area is 86.7 Å². The second-order valence-corrected chi connectivity index (χ2v) is 3.98. The van der Waals surface area contributed by atoms with Crippen LogP contribution in [0.4, 0.5) is 5.69 Å². The van der Waals surface area contributed by atoms with E-state index in [-0.39, 0.29) is 0 Å². The summed E-state index contributed by atoms with van der Waals surface area (Å²) in [7, 11) is 0. The van der Waals surface area contributed by atoms with Gasteiger partial charge < -0.3 is 5.73 Å². The molecule has 0 aliphatic heterocycles. The van der Waals surface area contributed by atoms with Crippen LogP contribution >= 0.6 is 38.5 Å². The molecule has 0 atom stereocenters. The Morgan fingerprint density at radius 2 is 2.18 bits per heavy atom. The average molecular weight is 323 g/mol. The van der Waals surface area contributed by atoms with Gasteiger partial charge in [0.15, 0.2) is 0 Å². The highest BCUT2D eigenvalue weighted by atomic mass is 127. The van der Waals surface area contributed by atoms with Crippen LogP contribution in [0.5, 0.6) is 0 Å². The van der Waals surface area contributed by atoms with Gasteiger partial charge in [-0.3, -0.25) is 0 Å². The molecule has 11 heavy (non-hydrogen) atoms. The van der Waals surface area contributed by atoms with Crippen molar-refractivity contribution in [1.29, 1.82) is 5.26 Å². The molecule has 1 rings (SSSR count). The Hall–Kier alpha value is -0.280. The number of hydrogen-bond acceptors (Lipinski definition) is 2. The Balaban J connectivity index is 3.35. The largest absolute Gasteiger partial charge is 0.397 e. The van der Waals surface area contributed by atoms with Crippen molar-refractivity contribution < 1.29 is 0 Å². The first kappa shape index (κ1) is 8.81. The normalized spacial score (nSPS) is 9.18. The minimum atomic E-state index is 0.621. The van der Waals surface area contributed by atoms with Crippen molar-refractivity contribution >= 4 is 44.2 Å². The molecule has 0 radical (unpaired) electrons. The lowest BCUT2D eigenvalue weighted by Gasteiger charge is -2.00. The second kappa shape index (κ2) is 3.41. The molecule has 0 aliphatic rings. The average Bonchev–Trinajstić information content (AvgIpc) is 1.99. The Morgan fingerprint density at radius 1 is 1.55 bits per heavy atom. The standard InChI is InChI=1S/C7H4BrIN2/c8-5-1-4(3-10)2-6(9)7(5)11/h1-2H,11H2. The van der Waals surface area contributed by atoms with E-state index in [4.69, 9.17) is 11.0 Å². The van der Waals surface area contributed by atoms with Crippen molar-refractivity contribution in [3.05, 3.63) is 25.7 Å². The summed E-state index contributed by atoms with van der Waals surface area (Å²) in [5.41, 5.74) is 6.95. The molecule has 56 valence electrons. The summed E-state index contributed by atoms with van der Waals surface area (Å²) in [5, 5.41) is 8.56. The van der Waals surface area contributed by atoms with Crippen LogP contribution in [0, 0.1) is 14.9 Å². The highest BCUT2D eigenvalue weighted by molar-refractivity contribution is 14.1. The maximum atomic E-state index is 8.56. The van der Waals surface area contributed by atoms with Gasteiger partial charge in [0.05, 0.1) is 17.3 Å². The first-order chi connectivity index (χ1) is 5.15. The van der Waals surface area contributed by atoms with Crippen molar-refractivity contribution in [2.45, 2.75) is 0 Å². The van der Waals surface area contributed by atoms with Gasteiger partial charge in [-0.05, 0) is 50.7 Å². The van der Waals surface area contributed by atoms with E-state index in [1.165, 1.54) is 0 Å². The molecule has 1 aromatic rings. The van der Waals surface area contributed by atoms with E-state index in [0.29, 0.717) is 11.3 Å². The number of anilines is 1. The van der Waals surface area contributed by atoms with E-state index in [9.17, 15) is 0 Å². The molecular weight excluding hydrogens is 319 g/mol. The summed E-state index contributed by atoms with van der Waals surface area (Å²) in [5.74, 6) is 0. The molecule has 4 heteroatoms. The highest BCUT2D eigenvalue weighted by Crippen LogP contribution is 2.26. The van der Waals surface area contributed by atoms with E-state index >= 15 is 0 Å². The topological polar surface area (TPSA) is 49.8 Å². The van der Waals surface area contributed by atoms with Crippen LogP contribution in [0.3, 0.4) is 0 Å². The molecular formula is C7H4BrIN2. The fourth-order valence-electron chi connectivity index (χ4n) is 0.649. The third-order valence-electron chi connectivity index (χ3n) is 1.21. The third-order valence-corrected chi connectivity index (χ3v) is 2.76. The molecule has 2 N–H and O–H groups in total. The molecule has 0 heterocycles. The molecule has 0 saturated heterocycles. The molecule has 0 unspecified atom stereocenters. The van der Waals surface area contributed by atoms with E-state index in [1.54, 1.807) is 12.1 Å². The van der Waals surface area contributed by atoms with Crippen molar-refractivity contribution in [3.63, 3.8) is 0 Å². The van der Waals surface area contributed by atoms with Crippen molar-refractivity contribution in [1.82, 2.24) is 0 Å². The first-order valence-electron chi connectivity index (χ1n) is 2.79. The molecule has 0 aromatic heterocycles. The smallest absolute Gasteiger partial charge is 0.0992 e. The Kier molecular flexibility index (Phi) is 2.73. The predicted octanol–water partition coefficient (Wildman–Crippen LogP) is 2.51. The van der Waals surface area contributed by atoms with Gasteiger partial charge in [-0.2, -0.15) is 5.26 Å². The van der Waals surface area contributed by atoms with Gasteiger partial charge in [0, 0.05) is 8.04 Å². The third kappa shape index (κ3) is 1.84. The summed E-state index contributed by atoms with van der Waals surface area (Å²) in [4.78, 5) is 0. The van der Waals surface area contributed by atoms with Crippen LogP contribution in [0.1, 0.15) is 5.56 Å². The van der Waals surface area contributed by atoms with Gasteiger partial charge in [0.25, 0.3) is 0 Å². The highest BCUT2D eigenvalue weighted by Gasteiger charge is 2.02. The second-order valence-electron chi connectivity index (χ2n) is 1.97. The number of nitrogens with zero attached hydrogens (tertiary/aromatic N) is 1. The molecule has 0 amide bonds. The van der Waals surface area contributed by atoms with E-state index in [2.05, 4.69) is 38.5 Å². The van der Waals surface area contributed by atoms with Gasteiger partial charge in [-0.15, -0.1) is 0 Å². The fourth-order valence-corrected chi connectivity index (χ4v) is 2.11. The number of benzene rings is 1. The SMILES string of the molecule is N#Cc1cc(Br)c(N)c(I)c1. The summed E-state index contributed by atoms with van der Waals surface area (Å²) in [6.45, 7) is 0.